The lowest BCUT2D eigenvalue weighted by molar-refractivity contribution is -0.137. The van der Waals surface area contributed by atoms with Gasteiger partial charge in [-0.3, -0.25) is 4.79 Å². The van der Waals surface area contributed by atoms with Crippen LogP contribution in [0.1, 0.15) is 49.7 Å². The molecule has 1 aliphatic heterocycles. The van der Waals surface area contributed by atoms with E-state index >= 15 is 0 Å². The minimum absolute atomic E-state index is 0.0519. The first-order valence-corrected chi connectivity index (χ1v) is 7.89. The highest BCUT2D eigenvalue weighted by atomic mass is 19.4. The summed E-state index contributed by atoms with van der Waals surface area (Å²) >= 11 is 0. The lowest BCUT2D eigenvalue weighted by atomic mass is 9.88. The van der Waals surface area contributed by atoms with Gasteiger partial charge in [0.25, 0.3) is 0 Å². The zero-order valence-corrected chi connectivity index (χ0v) is 13.4. The molecule has 24 heavy (non-hydrogen) atoms. The van der Waals surface area contributed by atoms with Crippen LogP contribution in [0.25, 0.3) is 0 Å². The van der Waals surface area contributed by atoms with Crippen LogP contribution in [-0.4, -0.2) is 29.8 Å². The molecule has 134 valence electrons. The number of carbonyl (C=O) groups excluding carboxylic acids is 1. The molecule has 1 aliphatic rings. The van der Waals surface area contributed by atoms with Crippen LogP contribution in [0.4, 0.5) is 22.0 Å². The van der Waals surface area contributed by atoms with Crippen molar-refractivity contribution in [3.63, 3.8) is 0 Å². The predicted octanol–water partition coefficient (Wildman–Crippen LogP) is 4.85. The molecule has 0 spiro atoms. The highest BCUT2D eigenvalue weighted by Gasteiger charge is 2.32. The van der Waals surface area contributed by atoms with E-state index in [4.69, 9.17) is 0 Å². The number of rotatable bonds is 4. The second kappa shape index (κ2) is 7.07. The normalized spacial score (nSPS) is 17.2. The molecule has 2 rings (SSSR count). The molecule has 0 aliphatic carbocycles. The van der Waals surface area contributed by atoms with Crippen molar-refractivity contribution < 1.29 is 26.7 Å². The number of piperidine rings is 1. The molecular formula is C17H20F5NO. The standard InChI is InChI=1S/C17H20F5NO/c1-16(18,19)8-5-15(24)23-9-6-12(7-10-23)13-3-2-4-14(11-13)17(20,21)22/h2-4,11-12H,5-10H2,1H3. The van der Waals surface area contributed by atoms with Gasteiger partial charge in [0.2, 0.25) is 11.8 Å². The van der Waals surface area contributed by atoms with Crippen LogP contribution in [0.15, 0.2) is 24.3 Å². The first-order valence-electron chi connectivity index (χ1n) is 7.89. The monoisotopic (exact) mass is 349 g/mol. The maximum Gasteiger partial charge on any atom is 0.416 e. The zero-order valence-electron chi connectivity index (χ0n) is 13.4. The fourth-order valence-corrected chi connectivity index (χ4v) is 2.92. The number of hydrogen-bond donors (Lipinski definition) is 0. The molecule has 0 aromatic heterocycles. The Morgan fingerprint density at radius 1 is 1.17 bits per heavy atom. The van der Waals surface area contributed by atoms with E-state index in [-0.39, 0.29) is 18.2 Å². The van der Waals surface area contributed by atoms with E-state index in [1.165, 1.54) is 11.0 Å². The third-order valence-corrected chi connectivity index (χ3v) is 4.31. The SMILES string of the molecule is CC(F)(F)CCC(=O)N1CCC(c2cccc(C(F)(F)F)c2)CC1. The number of amides is 1. The molecule has 0 unspecified atom stereocenters. The summed E-state index contributed by atoms with van der Waals surface area (Å²) in [6, 6.07) is 5.24. The van der Waals surface area contributed by atoms with E-state index in [0.29, 0.717) is 31.5 Å². The first kappa shape index (κ1) is 18.7. The highest BCUT2D eigenvalue weighted by molar-refractivity contribution is 5.76. The number of halogens is 5. The van der Waals surface area contributed by atoms with Crippen molar-refractivity contribution in [2.24, 2.45) is 0 Å². The van der Waals surface area contributed by atoms with Crippen molar-refractivity contribution in [2.45, 2.75) is 50.6 Å². The van der Waals surface area contributed by atoms with E-state index < -0.39 is 24.1 Å². The van der Waals surface area contributed by atoms with Gasteiger partial charge in [-0.15, -0.1) is 0 Å². The first-order chi connectivity index (χ1) is 11.1. The molecule has 1 aromatic carbocycles. The third-order valence-electron chi connectivity index (χ3n) is 4.31. The molecule has 0 bridgehead atoms. The maximum absolute atomic E-state index is 12.8. The lowest BCUT2D eigenvalue weighted by Gasteiger charge is -2.32. The van der Waals surface area contributed by atoms with Crippen molar-refractivity contribution in [1.29, 1.82) is 0 Å². The van der Waals surface area contributed by atoms with Crippen molar-refractivity contribution in [3.8, 4) is 0 Å². The van der Waals surface area contributed by atoms with Crippen LogP contribution in [0.2, 0.25) is 0 Å². The predicted molar refractivity (Wildman–Crippen MR) is 79.9 cm³/mol. The van der Waals surface area contributed by atoms with Gasteiger partial charge < -0.3 is 4.90 Å². The molecule has 2 nitrogen and oxygen atoms in total. The summed E-state index contributed by atoms with van der Waals surface area (Å²) in [7, 11) is 0. The highest BCUT2D eigenvalue weighted by Crippen LogP contribution is 2.34. The molecule has 1 heterocycles. The van der Waals surface area contributed by atoms with Gasteiger partial charge in [-0.05, 0) is 37.3 Å². The molecular weight excluding hydrogens is 329 g/mol. The number of hydrogen-bond acceptors (Lipinski definition) is 1. The fourth-order valence-electron chi connectivity index (χ4n) is 2.92. The molecule has 1 saturated heterocycles. The Morgan fingerprint density at radius 2 is 1.79 bits per heavy atom. The van der Waals surface area contributed by atoms with Crippen LogP contribution < -0.4 is 0 Å². The van der Waals surface area contributed by atoms with Crippen LogP contribution in [0, 0.1) is 0 Å². The van der Waals surface area contributed by atoms with Gasteiger partial charge in [-0.25, -0.2) is 8.78 Å². The van der Waals surface area contributed by atoms with Gasteiger partial charge in [0.15, 0.2) is 0 Å². The second-order valence-electron chi connectivity index (χ2n) is 6.35. The molecule has 0 saturated carbocycles. The number of carbonyl (C=O) groups is 1. The van der Waals surface area contributed by atoms with Gasteiger partial charge in [0, 0.05) is 25.9 Å². The third kappa shape index (κ3) is 5.18. The molecule has 0 N–H and O–H groups in total. The molecule has 0 atom stereocenters. The van der Waals surface area contributed by atoms with Crippen LogP contribution in [0.3, 0.4) is 0 Å². The van der Waals surface area contributed by atoms with Crippen LogP contribution in [0.5, 0.6) is 0 Å². The summed E-state index contributed by atoms with van der Waals surface area (Å²) < 4.78 is 63.9. The molecule has 1 amide bonds. The van der Waals surface area contributed by atoms with Crippen LogP contribution in [-0.2, 0) is 11.0 Å². The number of alkyl halides is 5. The summed E-state index contributed by atoms with van der Waals surface area (Å²) in [5.41, 5.74) is -0.0688. The molecule has 1 fully saturated rings. The smallest absolute Gasteiger partial charge is 0.343 e. The van der Waals surface area contributed by atoms with Gasteiger partial charge >= 0.3 is 6.18 Å². The Morgan fingerprint density at radius 3 is 2.33 bits per heavy atom. The number of nitrogens with zero attached hydrogens (tertiary/aromatic N) is 1. The van der Waals surface area contributed by atoms with Crippen molar-refractivity contribution in [1.82, 2.24) is 4.90 Å². The van der Waals surface area contributed by atoms with Crippen LogP contribution >= 0.6 is 0 Å². The number of benzene rings is 1. The molecule has 0 radical (unpaired) electrons. The second-order valence-corrected chi connectivity index (χ2v) is 6.35. The Hall–Kier alpha value is -1.66. The zero-order chi connectivity index (χ0) is 18.0. The quantitative estimate of drug-likeness (QED) is 0.712. The van der Waals surface area contributed by atoms with Crippen molar-refractivity contribution >= 4 is 5.91 Å². The van der Waals surface area contributed by atoms with Gasteiger partial charge in [-0.2, -0.15) is 13.2 Å². The van der Waals surface area contributed by atoms with E-state index in [2.05, 4.69) is 0 Å². The molecule has 7 heteroatoms. The molecule has 1 aromatic rings. The summed E-state index contributed by atoms with van der Waals surface area (Å²) in [5, 5.41) is 0. The largest absolute Gasteiger partial charge is 0.416 e. The van der Waals surface area contributed by atoms with Gasteiger partial charge in [-0.1, -0.05) is 18.2 Å². The van der Waals surface area contributed by atoms with E-state index in [1.54, 1.807) is 6.07 Å². The summed E-state index contributed by atoms with van der Waals surface area (Å²) in [6.45, 7) is 1.55. The summed E-state index contributed by atoms with van der Waals surface area (Å²) in [6.07, 6.45) is -4.00. The Labute approximate surface area is 137 Å². The van der Waals surface area contributed by atoms with E-state index in [9.17, 15) is 26.7 Å². The average Bonchev–Trinajstić information content (AvgIpc) is 2.51. The minimum atomic E-state index is -4.38. The Kier molecular flexibility index (Phi) is 5.50. The Bertz CT molecular complexity index is 571. The summed E-state index contributed by atoms with van der Waals surface area (Å²) in [5.74, 6) is -3.24. The minimum Gasteiger partial charge on any atom is -0.343 e. The van der Waals surface area contributed by atoms with E-state index in [0.717, 1.165) is 19.1 Å². The van der Waals surface area contributed by atoms with Crippen molar-refractivity contribution in [2.75, 3.05) is 13.1 Å². The van der Waals surface area contributed by atoms with Crippen molar-refractivity contribution in [3.05, 3.63) is 35.4 Å². The maximum atomic E-state index is 12.8. The lowest BCUT2D eigenvalue weighted by Crippen LogP contribution is -2.38. The van der Waals surface area contributed by atoms with Gasteiger partial charge in [0.05, 0.1) is 5.56 Å². The van der Waals surface area contributed by atoms with Gasteiger partial charge in [0.1, 0.15) is 0 Å². The fraction of sp³-hybridized carbons (Fsp3) is 0.588. The average molecular weight is 349 g/mol. The summed E-state index contributed by atoms with van der Waals surface area (Å²) in [4.78, 5) is 13.4. The topological polar surface area (TPSA) is 20.3 Å². The number of likely N-dealkylation sites (tertiary alicyclic amines) is 1. The Balaban J connectivity index is 1.92. The van der Waals surface area contributed by atoms with E-state index in [1.807, 2.05) is 0 Å².